The van der Waals surface area contributed by atoms with Gasteiger partial charge in [-0.2, -0.15) is 0 Å². The van der Waals surface area contributed by atoms with Gasteiger partial charge in [0.25, 0.3) is 0 Å². The molecule has 0 aliphatic carbocycles. The molecule has 0 aromatic heterocycles. The van der Waals surface area contributed by atoms with E-state index in [1.54, 1.807) is 6.07 Å². The van der Waals surface area contributed by atoms with Crippen molar-refractivity contribution in [2.45, 2.75) is 19.3 Å². The maximum Gasteiger partial charge on any atom is 0.178 e. The van der Waals surface area contributed by atoms with Gasteiger partial charge in [0, 0.05) is 0 Å². The zero-order valence-electron chi connectivity index (χ0n) is 10.7. The Morgan fingerprint density at radius 2 is 2.21 bits per heavy atom. The van der Waals surface area contributed by atoms with Gasteiger partial charge in [-0.25, -0.2) is 4.39 Å². The number of halogens is 2. The van der Waals surface area contributed by atoms with Crippen molar-refractivity contribution in [3.63, 3.8) is 0 Å². The summed E-state index contributed by atoms with van der Waals surface area (Å²) in [6.07, 6.45) is 3.06. The van der Waals surface area contributed by atoms with Crippen molar-refractivity contribution in [3.8, 4) is 11.5 Å². The van der Waals surface area contributed by atoms with Crippen LogP contribution in [-0.4, -0.2) is 26.3 Å². The van der Waals surface area contributed by atoms with Crippen molar-refractivity contribution in [3.05, 3.63) is 21.9 Å². The first-order valence-corrected chi connectivity index (χ1v) is 7.52. The van der Waals surface area contributed by atoms with Crippen LogP contribution in [0.4, 0.5) is 4.39 Å². The van der Waals surface area contributed by atoms with E-state index < -0.39 is 0 Å². The molecule has 0 bridgehead atoms. The molecule has 1 N–H and O–H groups in total. The molecule has 0 spiro atoms. The van der Waals surface area contributed by atoms with Crippen LogP contribution in [-0.2, 0) is 6.42 Å². The second-order valence-electron chi connectivity index (χ2n) is 5.10. The number of fused-ring (bicyclic) bond motifs is 1. The lowest BCUT2D eigenvalue weighted by Gasteiger charge is -2.25. The van der Waals surface area contributed by atoms with Gasteiger partial charge < -0.3 is 14.8 Å². The van der Waals surface area contributed by atoms with Crippen LogP contribution >= 0.6 is 15.9 Å². The monoisotopic (exact) mass is 329 g/mol. The molecule has 1 saturated heterocycles. The van der Waals surface area contributed by atoms with E-state index in [-0.39, 0.29) is 5.82 Å². The average molecular weight is 330 g/mol. The minimum Gasteiger partial charge on any atom is -0.486 e. The van der Waals surface area contributed by atoms with Gasteiger partial charge in [0.1, 0.15) is 19.0 Å². The summed E-state index contributed by atoms with van der Waals surface area (Å²) in [6, 6.07) is 1.79. The molecule has 1 unspecified atom stereocenters. The summed E-state index contributed by atoms with van der Waals surface area (Å²) < 4.78 is 25.7. The molecule has 1 aromatic carbocycles. The van der Waals surface area contributed by atoms with Gasteiger partial charge in [0.2, 0.25) is 0 Å². The Hall–Kier alpha value is -0.810. The van der Waals surface area contributed by atoms with E-state index >= 15 is 0 Å². The van der Waals surface area contributed by atoms with Crippen molar-refractivity contribution >= 4 is 15.9 Å². The predicted octanol–water partition coefficient (Wildman–Crippen LogP) is 2.90. The van der Waals surface area contributed by atoms with Crippen LogP contribution in [0.15, 0.2) is 10.5 Å². The van der Waals surface area contributed by atoms with Crippen molar-refractivity contribution < 1.29 is 13.9 Å². The molecule has 1 aromatic rings. The summed E-state index contributed by atoms with van der Waals surface area (Å²) in [5, 5.41) is 3.36. The number of nitrogens with one attached hydrogen (secondary N) is 1. The highest BCUT2D eigenvalue weighted by Crippen LogP contribution is 2.41. The highest BCUT2D eigenvalue weighted by molar-refractivity contribution is 9.10. The van der Waals surface area contributed by atoms with E-state index in [9.17, 15) is 4.39 Å². The molecule has 2 heterocycles. The fourth-order valence-corrected chi connectivity index (χ4v) is 3.30. The molecule has 104 valence electrons. The number of piperidine rings is 1. The van der Waals surface area contributed by atoms with Crippen molar-refractivity contribution in [2.24, 2.45) is 5.92 Å². The second kappa shape index (κ2) is 5.67. The summed E-state index contributed by atoms with van der Waals surface area (Å²) in [4.78, 5) is 0. The fourth-order valence-electron chi connectivity index (χ4n) is 2.73. The van der Waals surface area contributed by atoms with Gasteiger partial charge in [-0.1, -0.05) is 0 Å². The lowest BCUT2D eigenvalue weighted by Crippen LogP contribution is -2.31. The normalized spacial score (nSPS) is 22.3. The van der Waals surface area contributed by atoms with Gasteiger partial charge >= 0.3 is 0 Å². The van der Waals surface area contributed by atoms with Crippen LogP contribution in [0.5, 0.6) is 11.5 Å². The van der Waals surface area contributed by atoms with E-state index in [0.717, 1.165) is 32.4 Å². The third-order valence-electron chi connectivity index (χ3n) is 3.70. The number of benzene rings is 1. The van der Waals surface area contributed by atoms with Crippen molar-refractivity contribution in [2.75, 3.05) is 26.3 Å². The highest BCUT2D eigenvalue weighted by atomic mass is 79.9. The molecule has 3 nitrogen and oxygen atoms in total. The molecule has 1 fully saturated rings. The zero-order valence-corrected chi connectivity index (χ0v) is 12.3. The summed E-state index contributed by atoms with van der Waals surface area (Å²) in [6.45, 7) is 3.03. The molecule has 0 radical (unpaired) electrons. The maximum atomic E-state index is 14.3. The Labute approximate surface area is 120 Å². The standard InChI is InChI=1S/C14H17BrFNO2/c15-12-13(16)10(6-9-2-1-3-17-8-9)7-11-14(12)19-5-4-18-11/h7,9,17H,1-6,8H2. The maximum absolute atomic E-state index is 14.3. The lowest BCUT2D eigenvalue weighted by atomic mass is 9.92. The van der Waals surface area contributed by atoms with E-state index in [2.05, 4.69) is 21.2 Å². The summed E-state index contributed by atoms with van der Waals surface area (Å²) >= 11 is 3.29. The smallest absolute Gasteiger partial charge is 0.178 e. The van der Waals surface area contributed by atoms with Crippen LogP contribution in [0.25, 0.3) is 0 Å². The molecule has 19 heavy (non-hydrogen) atoms. The van der Waals surface area contributed by atoms with Gasteiger partial charge in [0.05, 0.1) is 4.47 Å². The molecule has 2 aliphatic rings. The molecular formula is C14H17BrFNO2. The Morgan fingerprint density at radius 3 is 3.00 bits per heavy atom. The molecular weight excluding hydrogens is 313 g/mol. The van der Waals surface area contributed by atoms with Crippen molar-refractivity contribution in [1.82, 2.24) is 5.32 Å². The topological polar surface area (TPSA) is 30.5 Å². The fraction of sp³-hybridized carbons (Fsp3) is 0.571. The second-order valence-corrected chi connectivity index (χ2v) is 5.90. The molecule has 1 atom stereocenters. The number of hydrogen-bond donors (Lipinski definition) is 1. The van der Waals surface area contributed by atoms with E-state index in [1.165, 1.54) is 0 Å². The van der Waals surface area contributed by atoms with Crippen molar-refractivity contribution in [1.29, 1.82) is 0 Å². The Morgan fingerprint density at radius 1 is 1.37 bits per heavy atom. The van der Waals surface area contributed by atoms with Crippen LogP contribution in [0.1, 0.15) is 18.4 Å². The lowest BCUT2D eigenvalue weighted by molar-refractivity contribution is 0.169. The predicted molar refractivity (Wildman–Crippen MR) is 74.4 cm³/mol. The van der Waals surface area contributed by atoms with Gasteiger partial charge in [-0.05, 0) is 65.8 Å². The number of rotatable bonds is 2. The molecule has 2 aliphatic heterocycles. The van der Waals surface area contributed by atoms with Crippen LogP contribution < -0.4 is 14.8 Å². The first kappa shape index (κ1) is 13.2. The highest BCUT2D eigenvalue weighted by Gasteiger charge is 2.23. The molecule has 3 rings (SSSR count). The van der Waals surface area contributed by atoms with E-state index in [1.807, 2.05) is 0 Å². The first-order valence-electron chi connectivity index (χ1n) is 6.73. The largest absolute Gasteiger partial charge is 0.486 e. The Bertz CT molecular complexity index is 475. The molecule has 0 saturated carbocycles. The SMILES string of the molecule is Fc1c(CC2CCCNC2)cc2c(c1Br)OCCO2. The Balaban J connectivity index is 1.86. The first-order chi connectivity index (χ1) is 9.25. The minimum atomic E-state index is -0.213. The minimum absolute atomic E-state index is 0.213. The third-order valence-corrected chi connectivity index (χ3v) is 4.41. The van der Waals surface area contributed by atoms with Crippen LogP contribution in [0.2, 0.25) is 0 Å². The zero-order chi connectivity index (χ0) is 13.2. The summed E-state index contributed by atoms with van der Waals surface area (Å²) in [7, 11) is 0. The third kappa shape index (κ3) is 2.72. The van der Waals surface area contributed by atoms with Gasteiger partial charge in [-0.15, -0.1) is 0 Å². The van der Waals surface area contributed by atoms with Crippen LogP contribution in [0, 0.1) is 11.7 Å². The van der Waals surface area contributed by atoms with Gasteiger partial charge in [0.15, 0.2) is 11.5 Å². The number of ether oxygens (including phenoxy) is 2. The molecule has 0 amide bonds. The van der Waals surface area contributed by atoms with Crippen LogP contribution in [0.3, 0.4) is 0 Å². The summed E-state index contributed by atoms with van der Waals surface area (Å²) in [5.41, 5.74) is 0.713. The van der Waals surface area contributed by atoms with E-state index in [0.29, 0.717) is 40.7 Å². The average Bonchev–Trinajstić information content (AvgIpc) is 2.46. The van der Waals surface area contributed by atoms with E-state index in [4.69, 9.17) is 9.47 Å². The quantitative estimate of drug-likeness (QED) is 0.905. The Kier molecular flexibility index (Phi) is 3.93. The molecule has 5 heteroatoms. The summed E-state index contributed by atoms with van der Waals surface area (Å²) in [5.74, 6) is 1.43. The van der Waals surface area contributed by atoms with Gasteiger partial charge in [-0.3, -0.25) is 0 Å². The number of hydrogen-bond acceptors (Lipinski definition) is 3.